The molecule has 1 rings (SSSR count). The SMILES string of the molecule is N#CS[C@@H](C#N)Cc1cccc([N+](=O)[O-])c1. The number of nitrogens with zero attached hydrogens (tertiary/aromatic N) is 3. The van der Waals surface area contributed by atoms with Gasteiger partial charge in [0.05, 0.1) is 11.0 Å². The van der Waals surface area contributed by atoms with Gasteiger partial charge in [0, 0.05) is 12.1 Å². The Balaban J connectivity index is 2.82. The average Bonchev–Trinajstić information content (AvgIpc) is 2.29. The Morgan fingerprint density at radius 1 is 1.50 bits per heavy atom. The molecule has 6 heteroatoms. The van der Waals surface area contributed by atoms with Gasteiger partial charge in [-0.15, -0.1) is 0 Å². The van der Waals surface area contributed by atoms with E-state index in [1.165, 1.54) is 12.1 Å². The van der Waals surface area contributed by atoms with Crippen molar-refractivity contribution >= 4 is 17.4 Å². The smallest absolute Gasteiger partial charge is 0.258 e. The number of benzene rings is 1. The molecule has 1 aromatic carbocycles. The van der Waals surface area contributed by atoms with E-state index in [1.54, 1.807) is 12.1 Å². The molecule has 0 bridgehead atoms. The van der Waals surface area contributed by atoms with Crippen LogP contribution in [0.1, 0.15) is 5.56 Å². The van der Waals surface area contributed by atoms with Crippen LogP contribution < -0.4 is 0 Å². The molecule has 0 amide bonds. The zero-order valence-corrected chi connectivity index (χ0v) is 8.98. The molecule has 16 heavy (non-hydrogen) atoms. The minimum atomic E-state index is -0.494. The van der Waals surface area contributed by atoms with Crippen LogP contribution in [0.15, 0.2) is 24.3 Å². The maximum Gasteiger partial charge on any atom is 0.269 e. The number of nitro groups is 1. The van der Waals surface area contributed by atoms with E-state index in [1.807, 2.05) is 11.5 Å². The van der Waals surface area contributed by atoms with E-state index in [2.05, 4.69) is 0 Å². The molecule has 1 aromatic rings. The molecule has 1 atom stereocenters. The average molecular weight is 233 g/mol. The van der Waals surface area contributed by atoms with Crippen molar-refractivity contribution in [3.05, 3.63) is 39.9 Å². The third kappa shape index (κ3) is 3.26. The highest BCUT2D eigenvalue weighted by atomic mass is 32.2. The maximum absolute atomic E-state index is 10.5. The summed E-state index contributed by atoms with van der Waals surface area (Å²) in [4.78, 5) is 10.0. The lowest BCUT2D eigenvalue weighted by Gasteiger charge is -2.03. The Hall–Kier alpha value is -2.05. The van der Waals surface area contributed by atoms with Crippen molar-refractivity contribution in [2.24, 2.45) is 0 Å². The molecule has 0 N–H and O–H groups in total. The molecule has 5 nitrogen and oxygen atoms in total. The van der Waals surface area contributed by atoms with E-state index in [-0.39, 0.29) is 5.69 Å². The van der Waals surface area contributed by atoms with Crippen LogP contribution in [0.2, 0.25) is 0 Å². The number of hydrogen-bond acceptors (Lipinski definition) is 5. The number of non-ortho nitro benzene ring substituents is 1. The van der Waals surface area contributed by atoms with E-state index in [9.17, 15) is 10.1 Å². The summed E-state index contributed by atoms with van der Waals surface area (Å²) < 4.78 is 0. The van der Waals surface area contributed by atoms with E-state index in [0.29, 0.717) is 12.0 Å². The van der Waals surface area contributed by atoms with Crippen molar-refractivity contribution in [1.82, 2.24) is 0 Å². The summed E-state index contributed by atoms with van der Waals surface area (Å²) in [5.41, 5.74) is 0.680. The van der Waals surface area contributed by atoms with Gasteiger partial charge in [0.15, 0.2) is 0 Å². The Labute approximate surface area is 96.5 Å². The van der Waals surface area contributed by atoms with E-state index in [0.717, 1.165) is 11.8 Å². The summed E-state index contributed by atoms with van der Waals surface area (Å²) >= 11 is 0.860. The zero-order chi connectivity index (χ0) is 12.0. The summed E-state index contributed by atoms with van der Waals surface area (Å²) in [5, 5.41) is 29.0. The van der Waals surface area contributed by atoms with E-state index < -0.39 is 10.2 Å². The molecular weight excluding hydrogens is 226 g/mol. The molecular formula is C10H7N3O2S. The fourth-order valence-electron chi connectivity index (χ4n) is 1.19. The number of nitriles is 2. The molecule has 0 aliphatic heterocycles. The second-order valence-electron chi connectivity index (χ2n) is 2.96. The van der Waals surface area contributed by atoms with Crippen molar-refractivity contribution in [2.75, 3.05) is 0 Å². The highest BCUT2D eigenvalue weighted by Crippen LogP contribution is 2.18. The number of rotatable bonds is 4. The molecule has 0 aliphatic rings. The van der Waals surface area contributed by atoms with Crippen LogP contribution >= 0.6 is 11.8 Å². The van der Waals surface area contributed by atoms with Crippen LogP contribution in [0.5, 0.6) is 0 Å². The highest BCUT2D eigenvalue weighted by Gasteiger charge is 2.11. The molecule has 0 spiro atoms. The summed E-state index contributed by atoms with van der Waals surface area (Å²) in [6.45, 7) is 0. The van der Waals surface area contributed by atoms with E-state index >= 15 is 0 Å². The first-order valence-corrected chi connectivity index (χ1v) is 5.23. The monoisotopic (exact) mass is 233 g/mol. The van der Waals surface area contributed by atoms with Crippen molar-refractivity contribution < 1.29 is 4.92 Å². The normalized spacial score (nSPS) is 11.1. The number of thioether (sulfide) groups is 1. The predicted molar refractivity (Wildman–Crippen MR) is 59.4 cm³/mol. The van der Waals surface area contributed by atoms with Crippen LogP contribution in [-0.4, -0.2) is 10.2 Å². The molecule has 0 unspecified atom stereocenters. The Kier molecular flexibility index (Phi) is 4.31. The van der Waals surface area contributed by atoms with Gasteiger partial charge in [-0.1, -0.05) is 12.1 Å². The van der Waals surface area contributed by atoms with Crippen molar-refractivity contribution in [1.29, 1.82) is 10.5 Å². The molecule has 0 heterocycles. The lowest BCUT2D eigenvalue weighted by atomic mass is 10.1. The minimum absolute atomic E-state index is 0.00357. The highest BCUT2D eigenvalue weighted by molar-refractivity contribution is 8.04. The lowest BCUT2D eigenvalue weighted by molar-refractivity contribution is -0.384. The van der Waals surface area contributed by atoms with Gasteiger partial charge in [-0.2, -0.15) is 10.5 Å². The van der Waals surface area contributed by atoms with Gasteiger partial charge < -0.3 is 0 Å². The van der Waals surface area contributed by atoms with Gasteiger partial charge in [-0.25, -0.2) is 0 Å². The zero-order valence-electron chi connectivity index (χ0n) is 8.16. The van der Waals surface area contributed by atoms with Gasteiger partial charge >= 0.3 is 0 Å². The van der Waals surface area contributed by atoms with Crippen LogP contribution in [0.4, 0.5) is 5.69 Å². The second-order valence-corrected chi connectivity index (χ2v) is 3.95. The molecule has 0 aromatic heterocycles. The van der Waals surface area contributed by atoms with Gasteiger partial charge in [0.2, 0.25) is 0 Å². The van der Waals surface area contributed by atoms with Crippen molar-refractivity contribution in [2.45, 2.75) is 11.7 Å². The topological polar surface area (TPSA) is 90.7 Å². The summed E-state index contributed by atoms with van der Waals surface area (Å²) in [5.74, 6) is 0. The first-order valence-electron chi connectivity index (χ1n) is 4.35. The van der Waals surface area contributed by atoms with Crippen molar-refractivity contribution in [3.63, 3.8) is 0 Å². The summed E-state index contributed by atoms with van der Waals surface area (Å²) in [6, 6.07) is 8.05. The Bertz CT molecular complexity index is 476. The molecule has 0 saturated carbocycles. The minimum Gasteiger partial charge on any atom is -0.258 e. The Morgan fingerprint density at radius 3 is 2.81 bits per heavy atom. The predicted octanol–water partition coefficient (Wildman–Crippen LogP) is 2.24. The maximum atomic E-state index is 10.5. The fourth-order valence-corrected chi connectivity index (χ4v) is 1.64. The molecule has 0 radical (unpaired) electrons. The summed E-state index contributed by atoms with van der Waals surface area (Å²) in [7, 11) is 0. The van der Waals surface area contributed by atoms with Crippen LogP contribution in [0, 0.1) is 32.1 Å². The van der Waals surface area contributed by atoms with Gasteiger partial charge in [-0.05, 0) is 23.7 Å². The molecule has 0 aliphatic carbocycles. The number of hydrogen-bond donors (Lipinski definition) is 0. The number of nitro benzene ring substituents is 1. The fraction of sp³-hybridized carbons (Fsp3) is 0.200. The quantitative estimate of drug-likeness (QED) is 0.452. The second kappa shape index (κ2) is 5.74. The van der Waals surface area contributed by atoms with Crippen LogP contribution in [0.3, 0.4) is 0 Å². The first kappa shape index (κ1) is 12.0. The van der Waals surface area contributed by atoms with Crippen LogP contribution in [0.25, 0.3) is 0 Å². The largest absolute Gasteiger partial charge is 0.269 e. The Morgan fingerprint density at radius 2 is 2.25 bits per heavy atom. The van der Waals surface area contributed by atoms with Crippen molar-refractivity contribution in [3.8, 4) is 11.5 Å². The van der Waals surface area contributed by atoms with Gasteiger partial charge in [0.1, 0.15) is 10.7 Å². The third-order valence-electron chi connectivity index (χ3n) is 1.88. The van der Waals surface area contributed by atoms with Crippen LogP contribution in [-0.2, 0) is 6.42 Å². The molecule has 0 saturated heterocycles. The lowest BCUT2D eigenvalue weighted by Crippen LogP contribution is -2.03. The first-order chi connectivity index (χ1) is 7.67. The van der Waals surface area contributed by atoms with Gasteiger partial charge in [-0.3, -0.25) is 10.1 Å². The van der Waals surface area contributed by atoms with E-state index in [4.69, 9.17) is 10.5 Å². The third-order valence-corrected chi connectivity index (χ3v) is 2.54. The standard InChI is InChI=1S/C10H7N3O2S/c11-6-10(16-7-12)5-8-2-1-3-9(4-8)13(14)15/h1-4,10H,5H2/t10-/m1/s1. The summed E-state index contributed by atoms with van der Waals surface area (Å²) in [6.07, 6.45) is 0.330. The number of thiocyanates is 1. The van der Waals surface area contributed by atoms with Gasteiger partial charge in [0.25, 0.3) is 5.69 Å². The molecule has 0 fully saturated rings. The molecule has 80 valence electrons.